The van der Waals surface area contributed by atoms with Gasteiger partial charge in [0.2, 0.25) is 0 Å². The van der Waals surface area contributed by atoms with Crippen LogP contribution in [0.3, 0.4) is 0 Å². The normalized spacial score (nSPS) is 19.4. The third-order valence-electron chi connectivity index (χ3n) is 5.30. The highest BCUT2D eigenvalue weighted by Gasteiger charge is 2.25. The highest BCUT2D eigenvalue weighted by molar-refractivity contribution is 7.22. The van der Waals surface area contributed by atoms with Crippen LogP contribution in [0.4, 0.5) is 9.93 Å². The van der Waals surface area contributed by atoms with Gasteiger partial charge in [-0.1, -0.05) is 36.7 Å². The molecule has 0 bridgehead atoms. The smallest absolute Gasteiger partial charge is 0.317 e. The van der Waals surface area contributed by atoms with Gasteiger partial charge in [-0.3, -0.25) is 0 Å². The number of hydrogen-bond donors (Lipinski definition) is 1. The standard InChI is InChI=1S/C19H26N4OS/c1-14-7-8-16-17(13-14)25-19(21-16)23-11-9-22(10-12-23)18(24)20-15-5-3-2-4-6-15/h7-8,13,15H,2-6,9-12H2,1H3,(H,20,24). The van der Waals surface area contributed by atoms with Crippen LogP contribution >= 0.6 is 11.3 Å². The van der Waals surface area contributed by atoms with Gasteiger partial charge in [-0.05, 0) is 37.5 Å². The summed E-state index contributed by atoms with van der Waals surface area (Å²) in [5.41, 5.74) is 2.34. The maximum atomic E-state index is 12.5. The molecule has 0 spiro atoms. The number of aromatic nitrogens is 1. The summed E-state index contributed by atoms with van der Waals surface area (Å²) in [7, 11) is 0. The van der Waals surface area contributed by atoms with Gasteiger partial charge >= 0.3 is 6.03 Å². The molecule has 0 radical (unpaired) electrons. The molecule has 2 aliphatic rings. The van der Waals surface area contributed by atoms with Crippen LogP contribution in [0.2, 0.25) is 0 Å². The zero-order valence-electron chi connectivity index (χ0n) is 14.8. The Morgan fingerprint density at radius 3 is 2.68 bits per heavy atom. The topological polar surface area (TPSA) is 48.5 Å². The molecule has 1 aliphatic heterocycles. The third kappa shape index (κ3) is 3.73. The molecule has 4 rings (SSSR count). The lowest BCUT2D eigenvalue weighted by molar-refractivity contribution is 0.186. The van der Waals surface area contributed by atoms with Crippen molar-refractivity contribution in [3.05, 3.63) is 23.8 Å². The van der Waals surface area contributed by atoms with Crippen LogP contribution in [0.1, 0.15) is 37.7 Å². The number of thiazole rings is 1. The third-order valence-corrected chi connectivity index (χ3v) is 6.38. The van der Waals surface area contributed by atoms with Crippen molar-refractivity contribution in [3.63, 3.8) is 0 Å². The van der Waals surface area contributed by atoms with Crippen molar-refractivity contribution >= 4 is 32.7 Å². The SMILES string of the molecule is Cc1ccc2nc(N3CCN(C(=O)NC4CCCCC4)CC3)sc2c1. The fraction of sp³-hybridized carbons (Fsp3) is 0.579. The molecule has 1 saturated carbocycles. The van der Waals surface area contributed by atoms with Gasteiger partial charge in [-0.15, -0.1) is 0 Å². The average molecular weight is 359 g/mol. The molecule has 6 heteroatoms. The van der Waals surface area contributed by atoms with E-state index in [2.05, 4.69) is 35.3 Å². The number of benzene rings is 1. The summed E-state index contributed by atoms with van der Waals surface area (Å²) in [6.07, 6.45) is 6.08. The largest absolute Gasteiger partial charge is 0.345 e. The second-order valence-corrected chi connectivity index (χ2v) is 8.24. The summed E-state index contributed by atoms with van der Waals surface area (Å²) < 4.78 is 1.24. The molecule has 134 valence electrons. The number of aryl methyl sites for hydroxylation is 1. The Kier molecular flexibility index (Phi) is 4.79. The second-order valence-electron chi connectivity index (χ2n) is 7.23. The Bertz CT molecular complexity index is 745. The molecule has 25 heavy (non-hydrogen) atoms. The van der Waals surface area contributed by atoms with E-state index in [0.29, 0.717) is 6.04 Å². The molecule has 1 N–H and O–H groups in total. The summed E-state index contributed by atoms with van der Waals surface area (Å²) in [4.78, 5) is 21.5. The first-order valence-electron chi connectivity index (χ1n) is 9.36. The first-order valence-corrected chi connectivity index (χ1v) is 10.2. The van der Waals surface area contributed by atoms with Gasteiger partial charge in [0.15, 0.2) is 5.13 Å². The Balaban J connectivity index is 1.34. The highest BCUT2D eigenvalue weighted by Crippen LogP contribution is 2.30. The molecule has 1 saturated heterocycles. The van der Waals surface area contributed by atoms with E-state index in [1.807, 2.05) is 4.90 Å². The summed E-state index contributed by atoms with van der Waals surface area (Å²) in [6.45, 7) is 5.37. The van der Waals surface area contributed by atoms with Crippen LogP contribution < -0.4 is 10.2 Å². The molecule has 1 aromatic carbocycles. The van der Waals surface area contributed by atoms with Crippen LogP contribution in [-0.2, 0) is 0 Å². The predicted octanol–water partition coefficient (Wildman–Crippen LogP) is 3.77. The van der Waals surface area contributed by atoms with Crippen molar-refractivity contribution < 1.29 is 4.79 Å². The van der Waals surface area contributed by atoms with Crippen molar-refractivity contribution in [2.24, 2.45) is 0 Å². The van der Waals surface area contributed by atoms with E-state index in [-0.39, 0.29) is 6.03 Å². The molecule has 1 aromatic heterocycles. The molecular formula is C19H26N4OS. The summed E-state index contributed by atoms with van der Waals surface area (Å²) >= 11 is 1.75. The monoisotopic (exact) mass is 358 g/mol. The number of piperazine rings is 1. The second kappa shape index (κ2) is 7.20. The van der Waals surface area contributed by atoms with Crippen LogP contribution in [0.15, 0.2) is 18.2 Å². The van der Waals surface area contributed by atoms with E-state index in [9.17, 15) is 4.79 Å². The van der Waals surface area contributed by atoms with Gasteiger partial charge in [0.25, 0.3) is 0 Å². The number of nitrogens with zero attached hydrogens (tertiary/aromatic N) is 3. The quantitative estimate of drug-likeness (QED) is 0.889. The fourth-order valence-corrected chi connectivity index (χ4v) is 4.88. The minimum Gasteiger partial charge on any atom is -0.345 e. The lowest BCUT2D eigenvalue weighted by atomic mass is 9.96. The number of carbonyl (C=O) groups is 1. The molecule has 2 heterocycles. The summed E-state index contributed by atoms with van der Waals surface area (Å²) in [5.74, 6) is 0. The van der Waals surface area contributed by atoms with Gasteiger partial charge in [0.05, 0.1) is 10.2 Å². The highest BCUT2D eigenvalue weighted by atomic mass is 32.1. The number of rotatable bonds is 2. The number of hydrogen-bond acceptors (Lipinski definition) is 4. The summed E-state index contributed by atoms with van der Waals surface area (Å²) in [5, 5.41) is 4.30. The van der Waals surface area contributed by atoms with E-state index in [0.717, 1.165) is 49.7 Å². The number of nitrogens with one attached hydrogen (secondary N) is 1. The number of fused-ring (bicyclic) bond motifs is 1. The number of urea groups is 1. The first kappa shape index (κ1) is 16.6. The van der Waals surface area contributed by atoms with E-state index in [1.165, 1.54) is 29.5 Å². The van der Waals surface area contributed by atoms with E-state index in [1.54, 1.807) is 11.3 Å². The van der Waals surface area contributed by atoms with Crippen LogP contribution in [-0.4, -0.2) is 48.1 Å². The van der Waals surface area contributed by atoms with Gasteiger partial charge in [0, 0.05) is 32.2 Å². The van der Waals surface area contributed by atoms with Gasteiger partial charge < -0.3 is 15.1 Å². The lowest BCUT2D eigenvalue weighted by Crippen LogP contribution is -2.53. The number of carbonyl (C=O) groups excluding carboxylic acids is 1. The molecule has 2 aromatic rings. The van der Waals surface area contributed by atoms with Gasteiger partial charge in [0.1, 0.15) is 0 Å². The first-order chi connectivity index (χ1) is 12.2. The molecular weight excluding hydrogens is 332 g/mol. The molecule has 2 fully saturated rings. The molecule has 0 unspecified atom stereocenters. The van der Waals surface area contributed by atoms with Crippen LogP contribution in [0.5, 0.6) is 0 Å². The molecule has 1 aliphatic carbocycles. The van der Waals surface area contributed by atoms with Crippen molar-refractivity contribution in [1.82, 2.24) is 15.2 Å². The zero-order valence-corrected chi connectivity index (χ0v) is 15.6. The Hall–Kier alpha value is -1.82. The summed E-state index contributed by atoms with van der Waals surface area (Å²) in [6, 6.07) is 6.90. The zero-order chi connectivity index (χ0) is 17.2. The Labute approximate surface area is 153 Å². The van der Waals surface area contributed by atoms with E-state index < -0.39 is 0 Å². The van der Waals surface area contributed by atoms with Gasteiger partial charge in [-0.25, -0.2) is 9.78 Å². The van der Waals surface area contributed by atoms with Crippen LogP contribution in [0.25, 0.3) is 10.2 Å². The number of anilines is 1. The Morgan fingerprint density at radius 1 is 1.16 bits per heavy atom. The van der Waals surface area contributed by atoms with Crippen molar-refractivity contribution in [2.45, 2.75) is 45.1 Å². The average Bonchev–Trinajstić information content (AvgIpc) is 3.06. The maximum Gasteiger partial charge on any atom is 0.317 e. The lowest BCUT2D eigenvalue weighted by Gasteiger charge is -2.35. The van der Waals surface area contributed by atoms with Crippen molar-refractivity contribution in [3.8, 4) is 0 Å². The fourth-order valence-electron chi connectivity index (χ4n) is 3.77. The van der Waals surface area contributed by atoms with E-state index in [4.69, 9.17) is 4.98 Å². The number of amides is 2. The molecule has 0 atom stereocenters. The molecule has 5 nitrogen and oxygen atoms in total. The van der Waals surface area contributed by atoms with Gasteiger partial charge in [-0.2, -0.15) is 0 Å². The predicted molar refractivity (Wildman–Crippen MR) is 104 cm³/mol. The van der Waals surface area contributed by atoms with Crippen molar-refractivity contribution in [1.29, 1.82) is 0 Å². The van der Waals surface area contributed by atoms with E-state index >= 15 is 0 Å². The Morgan fingerprint density at radius 2 is 1.92 bits per heavy atom. The maximum absolute atomic E-state index is 12.5. The van der Waals surface area contributed by atoms with Crippen molar-refractivity contribution in [2.75, 3.05) is 31.1 Å². The minimum atomic E-state index is 0.117. The van der Waals surface area contributed by atoms with Crippen LogP contribution in [0, 0.1) is 6.92 Å². The minimum absolute atomic E-state index is 0.117. The molecule has 2 amide bonds.